The highest BCUT2D eigenvalue weighted by atomic mass is 79.9. The van der Waals surface area contributed by atoms with Gasteiger partial charge in [0.2, 0.25) is 0 Å². The molecule has 0 aliphatic rings. The van der Waals surface area contributed by atoms with Crippen molar-refractivity contribution in [2.45, 2.75) is 13.8 Å². The summed E-state index contributed by atoms with van der Waals surface area (Å²) < 4.78 is 0.816. The Morgan fingerprint density at radius 2 is 1.63 bits per heavy atom. The van der Waals surface area contributed by atoms with E-state index < -0.39 is 0 Å². The first kappa shape index (κ1) is 13.8. The standard InChI is InChI=1S/C16H16BrNO/c1-11-6-12(2)8-15(7-11)18(3)14-5-4-13(10-19)16(17)9-14/h4-10H,1-3H3. The smallest absolute Gasteiger partial charge is 0.151 e. The van der Waals surface area contributed by atoms with E-state index in [0.29, 0.717) is 5.56 Å². The van der Waals surface area contributed by atoms with E-state index in [1.807, 2.05) is 25.2 Å². The van der Waals surface area contributed by atoms with E-state index in [2.05, 4.69) is 52.9 Å². The molecule has 0 saturated heterocycles. The van der Waals surface area contributed by atoms with Crippen molar-refractivity contribution in [1.82, 2.24) is 0 Å². The quantitative estimate of drug-likeness (QED) is 0.768. The summed E-state index contributed by atoms with van der Waals surface area (Å²) in [7, 11) is 2.02. The second kappa shape index (κ2) is 5.57. The molecular weight excluding hydrogens is 302 g/mol. The second-order valence-corrected chi connectivity index (χ2v) is 5.58. The highest BCUT2D eigenvalue weighted by Gasteiger charge is 2.07. The summed E-state index contributed by atoms with van der Waals surface area (Å²) in [6.07, 6.45) is 0.852. The molecule has 0 saturated carbocycles. The van der Waals surface area contributed by atoms with Gasteiger partial charge in [-0.15, -0.1) is 0 Å². The summed E-state index contributed by atoms with van der Waals surface area (Å²) in [6, 6.07) is 12.2. The Morgan fingerprint density at radius 1 is 1.00 bits per heavy atom. The van der Waals surface area contributed by atoms with Crippen molar-refractivity contribution in [3.8, 4) is 0 Å². The molecule has 0 spiro atoms. The molecular formula is C16H16BrNO. The number of hydrogen-bond acceptors (Lipinski definition) is 2. The van der Waals surface area contributed by atoms with Crippen molar-refractivity contribution >= 4 is 33.6 Å². The van der Waals surface area contributed by atoms with Crippen LogP contribution in [-0.4, -0.2) is 13.3 Å². The largest absolute Gasteiger partial charge is 0.345 e. The number of aldehydes is 1. The maximum Gasteiger partial charge on any atom is 0.151 e. The van der Waals surface area contributed by atoms with Crippen molar-refractivity contribution in [1.29, 1.82) is 0 Å². The van der Waals surface area contributed by atoms with E-state index >= 15 is 0 Å². The Balaban J connectivity index is 2.40. The predicted molar refractivity (Wildman–Crippen MR) is 83.5 cm³/mol. The van der Waals surface area contributed by atoms with E-state index in [0.717, 1.165) is 22.1 Å². The van der Waals surface area contributed by atoms with Gasteiger partial charge < -0.3 is 4.90 Å². The molecule has 2 nitrogen and oxygen atoms in total. The fourth-order valence-corrected chi connectivity index (χ4v) is 2.57. The van der Waals surface area contributed by atoms with Crippen molar-refractivity contribution in [2.24, 2.45) is 0 Å². The third kappa shape index (κ3) is 3.04. The van der Waals surface area contributed by atoms with Crippen LogP contribution in [0.2, 0.25) is 0 Å². The van der Waals surface area contributed by atoms with Gasteiger partial charge in [-0.3, -0.25) is 4.79 Å². The van der Waals surface area contributed by atoms with Crippen LogP contribution in [0.15, 0.2) is 40.9 Å². The maximum absolute atomic E-state index is 10.8. The summed E-state index contributed by atoms with van der Waals surface area (Å²) in [4.78, 5) is 12.9. The van der Waals surface area contributed by atoms with Crippen LogP contribution in [0.3, 0.4) is 0 Å². The van der Waals surface area contributed by atoms with E-state index in [4.69, 9.17) is 0 Å². The van der Waals surface area contributed by atoms with E-state index in [1.165, 1.54) is 11.1 Å². The molecule has 98 valence electrons. The minimum Gasteiger partial charge on any atom is -0.345 e. The van der Waals surface area contributed by atoms with Crippen LogP contribution in [0.1, 0.15) is 21.5 Å². The normalized spacial score (nSPS) is 10.3. The summed E-state index contributed by atoms with van der Waals surface area (Å²) in [5.41, 5.74) is 5.33. The number of aryl methyl sites for hydroxylation is 2. The van der Waals surface area contributed by atoms with E-state index in [9.17, 15) is 4.79 Å². The summed E-state index contributed by atoms with van der Waals surface area (Å²) >= 11 is 3.42. The van der Waals surface area contributed by atoms with E-state index in [1.54, 1.807) is 0 Å². The molecule has 0 aliphatic heterocycles. The summed E-state index contributed by atoms with van der Waals surface area (Å²) in [5, 5.41) is 0. The number of anilines is 2. The lowest BCUT2D eigenvalue weighted by Gasteiger charge is -2.21. The zero-order valence-corrected chi connectivity index (χ0v) is 12.9. The lowest BCUT2D eigenvalue weighted by molar-refractivity contribution is 0.112. The SMILES string of the molecule is Cc1cc(C)cc(N(C)c2ccc(C=O)c(Br)c2)c1. The lowest BCUT2D eigenvalue weighted by Crippen LogP contribution is -2.10. The zero-order chi connectivity index (χ0) is 14.0. The van der Waals surface area contributed by atoms with Gasteiger partial charge in [-0.2, -0.15) is 0 Å². The summed E-state index contributed by atoms with van der Waals surface area (Å²) in [5.74, 6) is 0. The minimum absolute atomic E-state index is 0.664. The maximum atomic E-state index is 10.8. The highest BCUT2D eigenvalue weighted by Crippen LogP contribution is 2.29. The van der Waals surface area contributed by atoms with Gasteiger partial charge in [0.1, 0.15) is 0 Å². The molecule has 0 N–H and O–H groups in total. The van der Waals surface area contributed by atoms with Crippen LogP contribution in [0.25, 0.3) is 0 Å². The third-order valence-electron chi connectivity index (χ3n) is 3.09. The van der Waals surface area contributed by atoms with Crippen molar-refractivity contribution in [3.63, 3.8) is 0 Å². The van der Waals surface area contributed by atoms with Crippen LogP contribution in [-0.2, 0) is 0 Å². The molecule has 0 unspecified atom stereocenters. The highest BCUT2D eigenvalue weighted by molar-refractivity contribution is 9.10. The van der Waals surface area contributed by atoms with Gasteiger partial charge in [-0.25, -0.2) is 0 Å². The third-order valence-corrected chi connectivity index (χ3v) is 3.78. The molecule has 0 heterocycles. The molecule has 2 aromatic carbocycles. The van der Waals surface area contributed by atoms with Gasteiger partial charge in [-0.05, 0) is 71.2 Å². The van der Waals surface area contributed by atoms with Crippen molar-refractivity contribution in [3.05, 3.63) is 57.6 Å². The minimum atomic E-state index is 0.664. The topological polar surface area (TPSA) is 20.3 Å². The lowest BCUT2D eigenvalue weighted by atomic mass is 10.1. The Hall–Kier alpha value is -1.61. The molecule has 0 atom stereocenters. The van der Waals surface area contributed by atoms with Gasteiger partial charge in [0.25, 0.3) is 0 Å². The summed E-state index contributed by atoms with van der Waals surface area (Å²) in [6.45, 7) is 4.19. The molecule has 2 rings (SSSR count). The van der Waals surface area contributed by atoms with Crippen LogP contribution in [0.4, 0.5) is 11.4 Å². The molecule has 0 amide bonds. The average Bonchev–Trinajstić information content (AvgIpc) is 2.36. The van der Waals surface area contributed by atoms with Gasteiger partial charge >= 0.3 is 0 Å². The van der Waals surface area contributed by atoms with Crippen LogP contribution >= 0.6 is 15.9 Å². The number of halogens is 1. The molecule has 0 aliphatic carbocycles. The second-order valence-electron chi connectivity index (χ2n) is 4.73. The molecule has 0 bridgehead atoms. The number of benzene rings is 2. The molecule has 0 radical (unpaired) electrons. The Labute approximate surface area is 122 Å². The Kier molecular flexibility index (Phi) is 4.05. The first-order valence-corrected chi connectivity index (χ1v) is 6.87. The first-order valence-electron chi connectivity index (χ1n) is 6.08. The molecule has 2 aromatic rings. The Bertz CT molecular complexity index is 602. The molecule has 3 heteroatoms. The fraction of sp³-hybridized carbons (Fsp3) is 0.188. The van der Waals surface area contributed by atoms with Gasteiger partial charge in [0.15, 0.2) is 6.29 Å². The number of carbonyl (C=O) groups is 1. The number of nitrogens with zero attached hydrogens (tertiary/aromatic N) is 1. The van der Waals surface area contributed by atoms with Crippen molar-refractivity contribution in [2.75, 3.05) is 11.9 Å². The number of hydrogen-bond donors (Lipinski definition) is 0. The van der Waals surface area contributed by atoms with Crippen LogP contribution < -0.4 is 4.90 Å². The molecule has 0 aromatic heterocycles. The average molecular weight is 318 g/mol. The monoisotopic (exact) mass is 317 g/mol. The predicted octanol–water partition coefficient (Wildman–Crippen LogP) is 4.65. The van der Waals surface area contributed by atoms with Crippen LogP contribution in [0.5, 0.6) is 0 Å². The van der Waals surface area contributed by atoms with Gasteiger partial charge in [0, 0.05) is 28.5 Å². The van der Waals surface area contributed by atoms with Crippen molar-refractivity contribution < 1.29 is 4.79 Å². The zero-order valence-electron chi connectivity index (χ0n) is 11.3. The van der Waals surface area contributed by atoms with E-state index in [-0.39, 0.29) is 0 Å². The van der Waals surface area contributed by atoms with Gasteiger partial charge in [0.05, 0.1) is 0 Å². The fourth-order valence-electron chi connectivity index (χ4n) is 2.11. The molecule has 0 fully saturated rings. The Morgan fingerprint density at radius 3 is 2.16 bits per heavy atom. The number of rotatable bonds is 3. The number of carbonyl (C=O) groups excluding carboxylic acids is 1. The molecule has 19 heavy (non-hydrogen) atoms. The first-order chi connectivity index (χ1) is 9.01. The van der Waals surface area contributed by atoms with Crippen LogP contribution in [0, 0.1) is 13.8 Å². The van der Waals surface area contributed by atoms with Gasteiger partial charge in [-0.1, -0.05) is 6.07 Å².